The highest BCUT2D eigenvalue weighted by Gasteiger charge is 2.39. The van der Waals surface area contributed by atoms with E-state index in [-0.39, 0.29) is 11.3 Å². The van der Waals surface area contributed by atoms with Crippen LogP contribution < -0.4 is 4.74 Å². The quantitative estimate of drug-likeness (QED) is 0.868. The summed E-state index contributed by atoms with van der Waals surface area (Å²) >= 11 is 0. The van der Waals surface area contributed by atoms with E-state index in [2.05, 4.69) is 0 Å². The number of hydrogen-bond donors (Lipinski definition) is 1. The van der Waals surface area contributed by atoms with Gasteiger partial charge in [-0.05, 0) is 43.0 Å². The van der Waals surface area contributed by atoms with Crippen LogP contribution in [0.4, 0.5) is 13.2 Å². The van der Waals surface area contributed by atoms with Crippen molar-refractivity contribution in [1.82, 2.24) is 0 Å². The molecular formula is C12H13F3O2. The number of hydrogen-bond acceptors (Lipinski definition) is 2. The Bertz CT molecular complexity index is 422. The minimum atomic E-state index is -4.43. The number of rotatable bonds is 2. The summed E-state index contributed by atoms with van der Waals surface area (Å²) in [4.78, 5) is 0. The normalized spacial score (nSPS) is 18.6. The molecule has 1 aliphatic carbocycles. The summed E-state index contributed by atoms with van der Waals surface area (Å²) < 4.78 is 42.8. The molecule has 0 unspecified atom stereocenters. The van der Waals surface area contributed by atoms with Crippen LogP contribution in [-0.2, 0) is 11.8 Å². The first-order chi connectivity index (χ1) is 7.85. The summed E-state index contributed by atoms with van der Waals surface area (Å²) in [7, 11) is 1.31. The Hall–Kier alpha value is -1.23. The summed E-state index contributed by atoms with van der Waals surface area (Å²) in [5, 5.41) is 10.1. The topological polar surface area (TPSA) is 29.5 Å². The van der Waals surface area contributed by atoms with E-state index in [0.29, 0.717) is 12.8 Å². The second-order valence-electron chi connectivity index (χ2n) is 4.33. The van der Waals surface area contributed by atoms with Crippen molar-refractivity contribution in [3.05, 3.63) is 29.3 Å². The maximum Gasteiger partial charge on any atom is 0.416 e. The third-order valence-electron chi connectivity index (χ3n) is 3.19. The highest BCUT2D eigenvalue weighted by molar-refractivity contribution is 5.39. The molecule has 1 aromatic rings. The van der Waals surface area contributed by atoms with Crippen LogP contribution in [0.5, 0.6) is 5.75 Å². The zero-order chi connectivity index (χ0) is 12.7. The first kappa shape index (κ1) is 12.2. The fraction of sp³-hybridized carbons (Fsp3) is 0.500. The van der Waals surface area contributed by atoms with Crippen molar-refractivity contribution in [3.63, 3.8) is 0 Å². The second kappa shape index (κ2) is 3.91. The number of halogens is 3. The van der Waals surface area contributed by atoms with Crippen LogP contribution in [-0.4, -0.2) is 12.2 Å². The van der Waals surface area contributed by atoms with Gasteiger partial charge in [-0.15, -0.1) is 0 Å². The van der Waals surface area contributed by atoms with Crippen LogP contribution in [0.25, 0.3) is 0 Å². The van der Waals surface area contributed by atoms with Crippen molar-refractivity contribution in [2.24, 2.45) is 0 Å². The highest BCUT2D eigenvalue weighted by atomic mass is 19.4. The molecule has 0 aromatic heterocycles. The molecule has 0 amide bonds. The van der Waals surface area contributed by atoms with Gasteiger partial charge in [0.2, 0.25) is 0 Å². The van der Waals surface area contributed by atoms with Gasteiger partial charge in [0.25, 0.3) is 0 Å². The maximum absolute atomic E-state index is 12.7. The second-order valence-corrected chi connectivity index (χ2v) is 4.33. The molecule has 2 nitrogen and oxygen atoms in total. The molecule has 94 valence electrons. The summed E-state index contributed by atoms with van der Waals surface area (Å²) in [5.74, 6) is 0.121. The van der Waals surface area contributed by atoms with Crippen molar-refractivity contribution in [2.45, 2.75) is 31.0 Å². The van der Waals surface area contributed by atoms with Gasteiger partial charge in [0.1, 0.15) is 5.75 Å². The maximum atomic E-state index is 12.7. The minimum absolute atomic E-state index is 0.121. The fourth-order valence-corrected chi connectivity index (χ4v) is 1.95. The monoisotopic (exact) mass is 246 g/mol. The van der Waals surface area contributed by atoms with Crippen LogP contribution in [0.15, 0.2) is 18.2 Å². The van der Waals surface area contributed by atoms with Crippen LogP contribution in [0.3, 0.4) is 0 Å². The van der Waals surface area contributed by atoms with Crippen molar-refractivity contribution in [3.8, 4) is 5.75 Å². The average Bonchev–Trinajstić information content (AvgIpc) is 2.24. The van der Waals surface area contributed by atoms with Gasteiger partial charge in [0.15, 0.2) is 0 Å². The van der Waals surface area contributed by atoms with E-state index in [1.54, 1.807) is 0 Å². The number of alkyl halides is 3. The molecule has 17 heavy (non-hydrogen) atoms. The van der Waals surface area contributed by atoms with E-state index in [1.807, 2.05) is 0 Å². The van der Waals surface area contributed by atoms with E-state index in [1.165, 1.54) is 13.2 Å². The lowest BCUT2D eigenvalue weighted by Crippen LogP contribution is -2.33. The SMILES string of the molecule is COc1cc(C(F)(F)F)cc(C2(O)CCC2)c1. The summed E-state index contributed by atoms with van der Waals surface area (Å²) in [6.45, 7) is 0. The lowest BCUT2D eigenvalue weighted by Gasteiger charge is -2.37. The summed E-state index contributed by atoms with van der Waals surface area (Å²) in [5.41, 5.74) is -1.61. The molecule has 0 atom stereocenters. The molecule has 0 bridgehead atoms. The first-order valence-corrected chi connectivity index (χ1v) is 5.34. The average molecular weight is 246 g/mol. The van der Waals surface area contributed by atoms with Crippen molar-refractivity contribution < 1.29 is 23.0 Å². The van der Waals surface area contributed by atoms with Gasteiger partial charge in [-0.25, -0.2) is 0 Å². The van der Waals surface area contributed by atoms with Gasteiger partial charge in [-0.1, -0.05) is 0 Å². The third-order valence-corrected chi connectivity index (χ3v) is 3.19. The van der Waals surface area contributed by atoms with E-state index < -0.39 is 17.3 Å². The standard InChI is InChI=1S/C12H13F3O2/c1-17-10-6-8(11(16)3-2-4-11)5-9(7-10)12(13,14)15/h5-7,16H,2-4H2,1H3. The molecular weight excluding hydrogens is 233 g/mol. The Balaban J connectivity index is 2.46. The number of ether oxygens (including phenoxy) is 1. The van der Waals surface area contributed by atoms with Gasteiger partial charge in [-0.2, -0.15) is 13.2 Å². The number of aliphatic hydroxyl groups is 1. The number of methoxy groups -OCH3 is 1. The predicted molar refractivity (Wildman–Crippen MR) is 55.7 cm³/mol. The molecule has 1 aliphatic rings. The lowest BCUT2D eigenvalue weighted by atomic mass is 9.75. The van der Waals surface area contributed by atoms with Crippen LogP contribution in [0.2, 0.25) is 0 Å². The molecule has 1 aromatic carbocycles. The largest absolute Gasteiger partial charge is 0.497 e. The van der Waals surface area contributed by atoms with Crippen LogP contribution >= 0.6 is 0 Å². The van der Waals surface area contributed by atoms with Crippen molar-refractivity contribution >= 4 is 0 Å². The Morgan fingerprint density at radius 3 is 2.29 bits per heavy atom. The highest BCUT2D eigenvalue weighted by Crippen LogP contribution is 2.44. The molecule has 2 rings (SSSR count). The molecule has 1 N–H and O–H groups in total. The molecule has 0 spiro atoms. The third kappa shape index (κ3) is 2.24. The zero-order valence-electron chi connectivity index (χ0n) is 9.34. The van der Waals surface area contributed by atoms with Crippen molar-refractivity contribution in [2.75, 3.05) is 7.11 Å². The van der Waals surface area contributed by atoms with Gasteiger partial charge in [0.05, 0.1) is 18.3 Å². The molecule has 1 saturated carbocycles. The zero-order valence-corrected chi connectivity index (χ0v) is 9.34. The number of benzene rings is 1. The van der Waals surface area contributed by atoms with Gasteiger partial charge < -0.3 is 9.84 Å². The Kier molecular flexibility index (Phi) is 2.81. The lowest BCUT2D eigenvalue weighted by molar-refractivity contribution is -0.138. The van der Waals surface area contributed by atoms with Gasteiger partial charge in [-0.3, -0.25) is 0 Å². The Morgan fingerprint density at radius 2 is 1.88 bits per heavy atom. The molecule has 0 heterocycles. The molecule has 0 radical (unpaired) electrons. The van der Waals surface area contributed by atoms with Crippen LogP contribution in [0.1, 0.15) is 30.4 Å². The van der Waals surface area contributed by atoms with E-state index >= 15 is 0 Å². The summed E-state index contributed by atoms with van der Waals surface area (Å²) in [6.07, 6.45) is -2.60. The van der Waals surface area contributed by atoms with Crippen LogP contribution in [0, 0.1) is 0 Å². The molecule has 5 heteroatoms. The molecule has 0 saturated heterocycles. The predicted octanol–water partition coefficient (Wildman–Crippen LogP) is 3.09. The van der Waals surface area contributed by atoms with E-state index in [9.17, 15) is 18.3 Å². The Morgan fingerprint density at radius 1 is 1.24 bits per heavy atom. The Labute approximate surface area is 97.0 Å². The van der Waals surface area contributed by atoms with E-state index in [4.69, 9.17) is 4.74 Å². The van der Waals surface area contributed by atoms with Gasteiger partial charge >= 0.3 is 6.18 Å². The van der Waals surface area contributed by atoms with Crippen molar-refractivity contribution in [1.29, 1.82) is 0 Å². The minimum Gasteiger partial charge on any atom is -0.497 e. The summed E-state index contributed by atoms with van der Waals surface area (Å²) in [6, 6.07) is 3.40. The molecule has 1 fully saturated rings. The fourth-order valence-electron chi connectivity index (χ4n) is 1.95. The smallest absolute Gasteiger partial charge is 0.416 e. The first-order valence-electron chi connectivity index (χ1n) is 5.34. The molecule has 0 aliphatic heterocycles. The van der Waals surface area contributed by atoms with E-state index in [0.717, 1.165) is 18.6 Å². The van der Waals surface area contributed by atoms with Gasteiger partial charge in [0, 0.05) is 0 Å².